The van der Waals surface area contributed by atoms with Crippen LogP contribution in [0, 0.1) is 29.6 Å². The molecule has 1 heteroatoms. The Bertz CT molecular complexity index is 327. The predicted molar refractivity (Wildman–Crippen MR) is 79.4 cm³/mol. The summed E-state index contributed by atoms with van der Waals surface area (Å²) in [6.07, 6.45) is 9.36. The van der Waals surface area contributed by atoms with Gasteiger partial charge in [-0.3, -0.25) is 0 Å². The van der Waals surface area contributed by atoms with Crippen LogP contribution in [0.4, 0.5) is 0 Å². The van der Waals surface area contributed by atoms with Crippen molar-refractivity contribution in [3.8, 4) is 0 Å². The molecule has 1 fully saturated rings. The minimum absolute atomic E-state index is 0.365. The van der Waals surface area contributed by atoms with Gasteiger partial charge in [-0.25, -0.2) is 0 Å². The van der Waals surface area contributed by atoms with Crippen molar-refractivity contribution in [3.05, 3.63) is 36.6 Å². The van der Waals surface area contributed by atoms with Crippen molar-refractivity contribution in [2.24, 2.45) is 29.6 Å². The summed E-state index contributed by atoms with van der Waals surface area (Å²) < 4.78 is 0. The first kappa shape index (κ1) is 15.1. The van der Waals surface area contributed by atoms with Crippen LogP contribution in [0.15, 0.2) is 36.6 Å². The number of allylic oxidation sites excluding steroid dienone is 4. The SMILES string of the molecule is C=C/C=C\C(O)=C/CC1C(C)C(C)C(C)C1CC. The van der Waals surface area contributed by atoms with E-state index >= 15 is 0 Å². The Hall–Kier alpha value is -0.980. The zero-order chi connectivity index (χ0) is 13.7. The molecule has 0 spiro atoms. The van der Waals surface area contributed by atoms with Crippen molar-refractivity contribution >= 4 is 0 Å². The lowest BCUT2D eigenvalue weighted by atomic mass is 9.83. The van der Waals surface area contributed by atoms with Crippen LogP contribution in [0.1, 0.15) is 40.5 Å². The monoisotopic (exact) mass is 248 g/mol. The van der Waals surface area contributed by atoms with E-state index in [1.807, 2.05) is 6.08 Å². The molecule has 0 aromatic carbocycles. The maximum absolute atomic E-state index is 9.74. The maximum Gasteiger partial charge on any atom is 0.111 e. The summed E-state index contributed by atoms with van der Waals surface area (Å²) in [5.41, 5.74) is 0. The standard InChI is InChI=1S/C17H28O/c1-6-8-9-15(18)10-11-17-14(5)12(3)13(4)16(17)7-2/h6,8-10,12-14,16-18H,1,7,11H2,2-5H3/b9-8-,15-10+. The third kappa shape index (κ3) is 3.28. The maximum atomic E-state index is 9.74. The first-order valence-electron chi connectivity index (χ1n) is 7.21. The largest absolute Gasteiger partial charge is 0.508 e. The van der Waals surface area contributed by atoms with Crippen molar-refractivity contribution < 1.29 is 5.11 Å². The van der Waals surface area contributed by atoms with Gasteiger partial charge in [-0.1, -0.05) is 52.8 Å². The molecule has 1 N–H and O–H groups in total. The minimum atomic E-state index is 0.365. The fourth-order valence-electron chi connectivity index (χ4n) is 3.59. The molecule has 0 aromatic heterocycles. The normalized spacial score (nSPS) is 37.3. The molecule has 0 radical (unpaired) electrons. The molecule has 1 nitrogen and oxygen atoms in total. The molecule has 0 heterocycles. The molecular formula is C17H28O. The lowest BCUT2D eigenvalue weighted by Crippen LogP contribution is -2.14. The van der Waals surface area contributed by atoms with Crippen LogP contribution >= 0.6 is 0 Å². The molecule has 102 valence electrons. The van der Waals surface area contributed by atoms with E-state index in [2.05, 4.69) is 34.3 Å². The van der Waals surface area contributed by atoms with Gasteiger partial charge in [0.1, 0.15) is 5.76 Å². The van der Waals surface area contributed by atoms with Crippen LogP contribution in [0.2, 0.25) is 0 Å². The van der Waals surface area contributed by atoms with E-state index in [1.54, 1.807) is 18.2 Å². The van der Waals surface area contributed by atoms with E-state index in [-0.39, 0.29) is 0 Å². The van der Waals surface area contributed by atoms with Crippen molar-refractivity contribution in [1.29, 1.82) is 0 Å². The van der Waals surface area contributed by atoms with Crippen molar-refractivity contribution in [1.82, 2.24) is 0 Å². The van der Waals surface area contributed by atoms with Gasteiger partial charge in [0, 0.05) is 0 Å². The topological polar surface area (TPSA) is 20.2 Å². The molecule has 1 rings (SSSR count). The van der Waals surface area contributed by atoms with E-state index in [4.69, 9.17) is 0 Å². The highest BCUT2D eigenvalue weighted by molar-refractivity contribution is 5.15. The Morgan fingerprint density at radius 3 is 2.28 bits per heavy atom. The summed E-state index contributed by atoms with van der Waals surface area (Å²) in [5.74, 6) is 4.21. The fraction of sp³-hybridized carbons (Fsp3) is 0.647. The second-order valence-electron chi connectivity index (χ2n) is 5.77. The Balaban J connectivity index is 2.70. The summed E-state index contributed by atoms with van der Waals surface area (Å²) in [6.45, 7) is 13.0. The number of aliphatic hydroxyl groups is 1. The Morgan fingerprint density at radius 2 is 1.72 bits per heavy atom. The summed E-state index contributed by atoms with van der Waals surface area (Å²) in [5, 5.41) is 9.74. The molecule has 0 bridgehead atoms. The van der Waals surface area contributed by atoms with Gasteiger partial charge in [-0.05, 0) is 48.2 Å². The van der Waals surface area contributed by atoms with Gasteiger partial charge in [0.2, 0.25) is 0 Å². The van der Waals surface area contributed by atoms with E-state index in [1.165, 1.54) is 6.42 Å². The van der Waals surface area contributed by atoms with Gasteiger partial charge in [0.25, 0.3) is 0 Å². The summed E-state index contributed by atoms with van der Waals surface area (Å²) in [7, 11) is 0. The fourth-order valence-corrected chi connectivity index (χ4v) is 3.59. The van der Waals surface area contributed by atoms with Gasteiger partial charge in [0.15, 0.2) is 0 Å². The quantitative estimate of drug-likeness (QED) is 0.528. The second-order valence-corrected chi connectivity index (χ2v) is 5.77. The highest BCUT2D eigenvalue weighted by Gasteiger charge is 2.41. The molecule has 18 heavy (non-hydrogen) atoms. The van der Waals surface area contributed by atoms with E-state index in [0.29, 0.717) is 11.7 Å². The minimum Gasteiger partial charge on any atom is -0.508 e. The molecule has 0 amide bonds. The lowest BCUT2D eigenvalue weighted by molar-refractivity contribution is 0.289. The predicted octanol–water partition coefficient (Wildman–Crippen LogP) is 5.12. The number of aliphatic hydroxyl groups excluding tert-OH is 1. The Labute approximate surface area is 112 Å². The zero-order valence-electron chi connectivity index (χ0n) is 12.3. The van der Waals surface area contributed by atoms with E-state index in [9.17, 15) is 5.11 Å². The molecule has 0 aromatic rings. The van der Waals surface area contributed by atoms with Crippen LogP contribution < -0.4 is 0 Å². The third-order valence-corrected chi connectivity index (χ3v) is 5.03. The molecule has 1 saturated carbocycles. The first-order valence-corrected chi connectivity index (χ1v) is 7.21. The Morgan fingerprint density at radius 1 is 1.11 bits per heavy atom. The first-order chi connectivity index (χ1) is 8.52. The molecule has 1 aliphatic carbocycles. The number of hydrogen-bond acceptors (Lipinski definition) is 1. The second kappa shape index (κ2) is 6.82. The van der Waals surface area contributed by atoms with Gasteiger partial charge < -0.3 is 5.11 Å². The van der Waals surface area contributed by atoms with Crippen molar-refractivity contribution in [2.45, 2.75) is 40.5 Å². The molecule has 5 unspecified atom stereocenters. The third-order valence-electron chi connectivity index (χ3n) is 5.03. The average molecular weight is 248 g/mol. The van der Waals surface area contributed by atoms with Gasteiger partial charge in [-0.2, -0.15) is 0 Å². The number of rotatable bonds is 5. The lowest BCUT2D eigenvalue weighted by Gasteiger charge is -2.22. The van der Waals surface area contributed by atoms with Gasteiger partial charge in [-0.15, -0.1) is 0 Å². The van der Waals surface area contributed by atoms with Crippen LogP contribution in [0.3, 0.4) is 0 Å². The van der Waals surface area contributed by atoms with Crippen molar-refractivity contribution in [3.63, 3.8) is 0 Å². The van der Waals surface area contributed by atoms with Crippen LogP contribution in [-0.2, 0) is 0 Å². The summed E-state index contributed by atoms with van der Waals surface area (Å²) in [6, 6.07) is 0. The zero-order valence-corrected chi connectivity index (χ0v) is 12.3. The van der Waals surface area contributed by atoms with Gasteiger partial charge >= 0.3 is 0 Å². The van der Waals surface area contributed by atoms with E-state index < -0.39 is 0 Å². The van der Waals surface area contributed by atoms with Crippen LogP contribution in [0.25, 0.3) is 0 Å². The highest BCUT2D eigenvalue weighted by atomic mass is 16.3. The molecule has 0 aliphatic heterocycles. The highest BCUT2D eigenvalue weighted by Crippen LogP contribution is 2.48. The van der Waals surface area contributed by atoms with Crippen LogP contribution in [-0.4, -0.2) is 5.11 Å². The van der Waals surface area contributed by atoms with Crippen LogP contribution in [0.5, 0.6) is 0 Å². The molecule has 1 aliphatic rings. The summed E-state index contributed by atoms with van der Waals surface area (Å²) in [4.78, 5) is 0. The average Bonchev–Trinajstić information content (AvgIpc) is 2.57. The molecule has 0 saturated heterocycles. The summed E-state index contributed by atoms with van der Waals surface area (Å²) >= 11 is 0. The van der Waals surface area contributed by atoms with Crippen molar-refractivity contribution in [2.75, 3.05) is 0 Å². The van der Waals surface area contributed by atoms with Gasteiger partial charge in [0.05, 0.1) is 0 Å². The molecule has 5 atom stereocenters. The molecular weight excluding hydrogens is 220 g/mol. The smallest absolute Gasteiger partial charge is 0.111 e. The number of hydrogen-bond donors (Lipinski definition) is 1. The van der Waals surface area contributed by atoms with E-state index in [0.717, 1.165) is 30.1 Å². The Kier molecular flexibility index (Phi) is 5.71.